The van der Waals surface area contributed by atoms with Crippen molar-refractivity contribution in [2.45, 2.75) is 31.7 Å². The summed E-state index contributed by atoms with van der Waals surface area (Å²) in [4.78, 5) is 26.9. The first kappa shape index (κ1) is 13.8. The fourth-order valence-corrected chi connectivity index (χ4v) is 1.70. The van der Waals surface area contributed by atoms with Crippen LogP contribution in [0.15, 0.2) is 18.3 Å². The highest BCUT2D eigenvalue weighted by Gasteiger charge is 2.22. The van der Waals surface area contributed by atoms with E-state index in [0.717, 1.165) is 12.8 Å². The minimum atomic E-state index is -0.202. The molecule has 5 nitrogen and oxygen atoms in total. The van der Waals surface area contributed by atoms with Gasteiger partial charge in [0.2, 0.25) is 5.91 Å². The molecule has 1 aromatic heterocycles. The quantitative estimate of drug-likeness (QED) is 0.613. The molecule has 0 spiro atoms. The Labute approximate surface area is 116 Å². The van der Waals surface area contributed by atoms with Crippen molar-refractivity contribution in [1.29, 1.82) is 0 Å². The summed E-state index contributed by atoms with van der Waals surface area (Å²) in [5.74, 6) is -0.142. The summed E-state index contributed by atoms with van der Waals surface area (Å²) >= 11 is 5.64. The lowest BCUT2D eigenvalue weighted by Gasteiger charge is -2.05. The third-order valence-corrected chi connectivity index (χ3v) is 3.02. The summed E-state index contributed by atoms with van der Waals surface area (Å²) in [7, 11) is 0. The molecule has 6 heteroatoms. The summed E-state index contributed by atoms with van der Waals surface area (Å²) in [5, 5.41) is 6.00. The van der Waals surface area contributed by atoms with E-state index in [2.05, 4.69) is 15.6 Å². The molecule has 102 valence electrons. The number of aromatic nitrogens is 1. The maximum atomic E-state index is 11.7. The number of nitrogens with zero attached hydrogens (tertiary/aromatic N) is 1. The molecule has 1 aliphatic carbocycles. The van der Waals surface area contributed by atoms with Crippen LogP contribution in [0.5, 0.6) is 0 Å². The van der Waals surface area contributed by atoms with Gasteiger partial charge in [0.1, 0.15) is 5.15 Å². The molecule has 2 rings (SSSR count). The monoisotopic (exact) mass is 281 g/mol. The summed E-state index contributed by atoms with van der Waals surface area (Å²) in [6, 6.07) is 3.58. The maximum absolute atomic E-state index is 11.7. The SMILES string of the molecule is O=C(CCCNC(=O)c1ccc(Cl)nc1)NC1CC1. The smallest absolute Gasteiger partial charge is 0.252 e. The number of nitrogens with one attached hydrogen (secondary N) is 2. The highest BCUT2D eigenvalue weighted by molar-refractivity contribution is 6.29. The highest BCUT2D eigenvalue weighted by atomic mass is 35.5. The second kappa shape index (κ2) is 6.52. The van der Waals surface area contributed by atoms with Crippen LogP contribution >= 0.6 is 11.6 Å². The van der Waals surface area contributed by atoms with E-state index in [1.807, 2.05) is 0 Å². The van der Waals surface area contributed by atoms with Crippen molar-refractivity contribution in [2.24, 2.45) is 0 Å². The van der Waals surface area contributed by atoms with Crippen molar-refractivity contribution in [3.63, 3.8) is 0 Å². The fourth-order valence-electron chi connectivity index (χ4n) is 1.59. The van der Waals surface area contributed by atoms with Gasteiger partial charge in [-0.1, -0.05) is 11.6 Å². The van der Waals surface area contributed by atoms with Crippen molar-refractivity contribution in [1.82, 2.24) is 15.6 Å². The van der Waals surface area contributed by atoms with E-state index in [0.29, 0.717) is 36.1 Å². The Balaban J connectivity index is 1.63. The molecule has 1 aromatic rings. The standard InChI is InChI=1S/C13H16ClN3O2/c14-11-6-3-9(8-16-11)13(19)15-7-1-2-12(18)17-10-4-5-10/h3,6,8,10H,1-2,4-5,7H2,(H,15,19)(H,17,18). The molecule has 0 saturated heterocycles. The van der Waals surface area contributed by atoms with Gasteiger partial charge < -0.3 is 10.6 Å². The Kier molecular flexibility index (Phi) is 4.74. The number of carbonyl (C=O) groups excluding carboxylic acids is 2. The molecular formula is C13H16ClN3O2. The van der Waals surface area contributed by atoms with Crippen molar-refractivity contribution in [3.05, 3.63) is 29.0 Å². The number of hydrogen-bond acceptors (Lipinski definition) is 3. The van der Waals surface area contributed by atoms with Crippen LogP contribution < -0.4 is 10.6 Å². The van der Waals surface area contributed by atoms with E-state index in [-0.39, 0.29) is 11.8 Å². The van der Waals surface area contributed by atoms with Crippen molar-refractivity contribution in [3.8, 4) is 0 Å². The van der Waals surface area contributed by atoms with Gasteiger partial charge in [-0.15, -0.1) is 0 Å². The largest absolute Gasteiger partial charge is 0.353 e. The molecule has 19 heavy (non-hydrogen) atoms. The van der Waals surface area contributed by atoms with Crippen LogP contribution in [0.1, 0.15) is 36.0 Å². The number of amides is 2. The molecule has 0 unspecified atom stereocenters. The van der Waals surface area contributed by atoms with E-state index in [1.54, 1.807) is 12.1 Å². The van der Waals surface area contributed by atoms with Crippen LogP contribution in [0.25, 0.3) is 0 Å². The zero-order chi connectivity index (χ0) is 13.7. The molecule has 1 heterocycles. The van der Waals surface area contributed by atoms with Crippen LogP contribution in [0.3, 0.4) is 0 Å². The van der Waals surface area contributed by atoms with Gasteiger partial charge in [0.15, 0.2) is 0 Å². The summed E-state index contributed by atoms with van der Waals surface area (Å²) in [6.07, 6.45) is 4.68. The number of rotatable bonds is 6. The van der Waals surface area contributed by atoms with Crippen LogP contribution in [-0.4, -0.2) is 29.4 Å². The third kappa shape index (κ3) is 4.87. The number of carbonyl (C=O) groups is 2. The second-order valence-electron chi connectivity index (χ2n) is 4.57. The first-order chi connectivity index (χ1) is 9.15. The van der Waals surface area contributed by atoms with E-state index in [4.69, 9.17) is 11.6 Å². The van der Waals surface area contributed by atoms with Gasteiger partial charge in [0.25, 0.3) is 5.91 Å². The zero-order valence-corrected chi connectivity index (χ0v) is 11.2. The molecule has 1 aliphatic rings. The van der Waals surface area contributed by atoms with Gasteiger partial charge >= 0.3 is 0 Å². The average Bonchev–Trinajstić information content (AvgIpc) is 3.19. The first-order valence-electron chi connectivity index (χ1n) is 6.34. The molecule has 1 saturated carbocycles. The Morgan fingerprint density at radius 2 is 2.16 bits per heavy atom. The number of hydrogen-bond donors (Lipinski definition) is 2. The van der Waals surface area contributed by atoms with Crippen LogP contribution in [0.4, 0.5) is 0 Å². The van der Waals surface area contributed by atoms with E-state index < -0.39 is 0 Å². The minimum absolute atomic E-state index is 0.0601. The molecule has 0 atom stereocenters. The number of halogens is 1. The molecule has 0 aromatic carbocycles. The van der Waals surface area contributed by atoms with Gasteiger partial charge in [0.05, 0.1) is 5.56 Å². The molecular weight excluding hydrogens is 266 g/mol. The lowest BCUT2D eigenvalue weighted by Crippen LogP contribution is -2.28. The molecule has 0 bridgehead atoms. The molecule has 0 aliphatic heterocycles. The summed E-state index contributed by atoms with van der Waals surface area (Å²) in [5.41, 5.74) is 0.465. The predicted molar refractivity (Wildman–Crippen MR) is 72.0 cm³/mol. The fraction of sp³-hybridized carbons (Fsp3) is 0.462. The normalized spacial score (nSPS) is 13.9. The average molecular weight is 282 g/mol. The van der Waals surface area contributed by atoms with E-state index in [9.17, 15) is 9.59 Å². The van der Waals surface area contributed by atoms with Gasteiger partial charge in [0, 0.05) is 25.2 Å². The Bertz CT molecular complexity index is 457. The first-order valence-corrected chi connectivity index (χ1v) is 6.72. The lowest BCUT2D eigenvalue weighted by molar-refractivity contribution is -0.121. The van der Waals surface area contributed by atoms with E-state index >= 15 is 0 Å². The van der Waals surface area contributed by atoms with Crippen LogP contribution in [0.2, 0.25) is 5.15 Å². The summed E-state index contributed by atoms with van der Waals surface area (Å²) < 4.78 is 0. The van der Waals surface area contributed by atoms with Gasteiger partial charge in [-0.05, 0) is 31.4 Å². The maximum Gasteiger partial charge on any atom is 0.252 e. The number of pyridine rings is 1. The van der Waals surface area contributed by atoms with Crippen LogP contribution in [0, 0.1) is 0 Å². The van der Waals surface area contributed by atoms with Crippen molar-refractivity contribution in [2.75, 3.05) is 6.54 Å². The van der Waals surface area contributed by atoms with Crippen LogP contribution in [-0.2, 0) is 4.79 Å². The highest BCUT2D eigenvalue weighted by Crippen LogP contribution is 2.18. The van der Waals surface area contributed by atoms with Gasteiger partial charge in [-0.2, -0.15) is 0 Å². The Hall–Kier alpha value is -1.62. The van der Waals surface area contributed by atoms with Gasteiger partial charge in [-0.3, -0.25) is 9.59 Å². The minimum Gasteiger partial charge on any atom is -0.353 e. The van der Waals surface area contributed by atoms with Gasteiger partial charge in [-0.25, -0.2) is 4.98 Å². The molecule has 2 N–H and O–H groups in total. The molecule has 2 amide bonds. The topological polar surface area (TPSA) is 71.1 Å². The molecule has 1 fully saturated rings. The second-order valence-corrected chi connectivity index (χ2v) is 4.96. The zero-order valence-electron chi connectivity index (χ0n) is 10.5. The third-order valence-electron chi connectivity index (χ3n) is 2.80. The summed E-state index contributed by atoms with van der Waals surface area (Å²) in [6.45, 7) is 0.472. The predicted octanol–water partition coefficient (Wildman–Crippen LogP) is 1.52. The van der Waals surface area contributed by atoms with Crippen molar-refractivity contribution < 1.29 is 9.59 Å². The molecule has 0 radical (unpaired) electrons. The lowest BCUT2D eigenvalue weighted by atomic mass is 10.2. The van der Waals surface area contributed by atoms with Crippen molar-refractivity contribution >= 4 is 23.4 Å². The Morgan fingerprint density at radius 1 is 1.37 bits per heavy atom. The Morgan fingerprint density at radius 3 is 2.79 bits per heavy atom. The van der Waals surface area contributed by atoms with E-state index in [1.165, 1.54) is 6.20 Å².